The summed E-state index contributed by atoms with van der Waals surface area (Å²) in [5.41, 5.74) is 0.0745. The van der Waals surface area contributed by atoms with E-state index in [1.54, 1.807) is 11.8 Å². The SMILES string of the molecule is CCS(=O)(=O)c1cnc(N2CCN(C(=O)c3cc(S(C)(=O)=O)ccc3OCC(C)(C)C)CC2)s1. The number of aromatic nitrogens is 1. The topological polar surface area (TPSA) is 114 Å². The van der Waals surface area contributed by atoms with Gasteiger partial charge in [-0.25, -0.2) is 21.8 Å². The van der Waals surface area contributed by atoms with Crippen molar-refractivity contribution in [1.29, 1.82) is 0 Å². The van der Waals surface area contributed by atoms with E-state index in [-0.39, 0.29) is 31.7 Å². The molecule has 2 heterocycles. The molecule has 0 aliphatic carbocycles. The summed E-state index contributed by atoms with van der Waals surface area (Å²) >= 11 is 1.13. The number of nitrogens with zero attached hydrogens (tertiary/aromatic N) is 3. The fourth-order valence-corrected chi connectivity index (χ4v) is 6.21. The first-order valence-electron chi connectivity index (χ1n) is 10.9. The van der Waals surface area contributed by atoms with Crippen LogP contribution in [0.5, 0.6) is 5.75 Å². The molecule has 9 nitrogen and oxygen atoms in total. The molecule has 1 aliphatic rings. The monoisotopic (exact) mass is 529 g/mol. The third-order valence-corrected chi connectivity index (χ3v) is 9.72. The molecule has 0 radical (unpaired) electrons. The van der Waals surface area contributed by atoms with Crippen LogP contribution < -0.4 is 9.64 Å². The maximum atomic E-state index is 13.4. The van der Waals surface area contributed by atoms with E-state index in [1.807, 2.05) is 25.7 Å². The molecule has 1 aliphatic heterocycles. The minimum atomic E-state index is -3.50. The van der Waals surface area contributed by atoms with Crippen LogP contribution in [-0.4, -0.2) is 77.4 Å². The van der Waals surface area contributed by atoms with E-state index in [0.717, 1.165) is 17.6 Å². The van der Waals surface area contributed by atoms with Gasteiger partial charge in [0.1, 0.15) is 9.96 Å². The van der Waals surface area contributed by atoms with Gasteiger partial charge in [-0.05, 0) is 23.6 Å². The van der Waals surface area contributed by atoms with Gasteiger partial charge in [-0.2, -0.15) is 0 Å². The minimum absolute atomic E-state index is 0.0169. The second kappa shape index (κ2) is 9.82. The van der Waals surface area contributed by atoms with Crippen LogP contribution in [0.15, 0.2) is 33.5 Å². The number of sulfone groups is 2. The summed E-state index contributed by atoms with van der Waals surface area (Å²) in [5, 5.41) is 0.604. The molecule has 0 atom stereocenters. The molecule has 188 valence electrons. The van der Waals surface area contributed by atoms with Crippen molar-refractivity contribution in [3.8, 4) is 5.75 Å². The number of hydrogen-bond acceptors (Lipinski definition) is 9. The van der Waals surface area contributed by atoms with Crippen molar-refractivity contribution in [1.82, 2.24) is 9.88 Å². The van der Waals surface area contributed by atoms with Crippen molar-refractivity contribution in [3.05, 3.63) is 30.0 Å². The highest BCUT2D eigenvalue weighted by molar-refractivity contribution is 7.93. The van der Waals surface area contributed by atoms with Crippen molar-refractivity contribution in [2.45, 2.75) is 36.8 Å². The lowest BCUT2D eigenvalue weighted by molar-refractivity contribution is 0.0739. The first kappa shape index (κ1) is 26.4. The summed E-state index contributed by atoms with van der Waals surface area (Å²) in [5.74, 6) is 0.0647. The Balaban J connectivity index is 1.78. The number of hydrogen-bond donors (Lipinski definition) is 0. The number of benzene rings is 1. The summed E-state index contributed by atoms with van der Waals surface area (Å²) in [6, 6.07) is 4.37. The van der Waals surface area contributed by atoms with Gasteiger partial charge in [-0.15, -0.1) is 0 Å². The first-order valence-corrected chi connectivity index (χ1v) is 15.3. The average molecular weight is 530 g/mol. The van der Waals surface area contributed by atoms with Crippen LogP contribution in [0.2, 0.25) is 0 Å². The third-order valence-electron chi connectivity index (χ3n) is 5.27. The lowest BCUT2D eigenvalue weighted by Crippen LogP contribution is -2.48. The number of amides is 1. The summed E-state index contributed by atoms with van der Waals surface area (Å²) < 4.78 is 54.5. The molecular formula is C22H31N3O6S3. The number of carbonyl (C=O) groups excluding carboxylic acids is 1. The Bertz CT molecular complexity index is 1260. The molecule has 1 aromatic heterocycles. The summed E-state index contributed by atoms with van der Waals surface area (Å²) in [4.78, 5) is 21.3. The summed E-state index contributed by atoms with van der Waals surface area (Å²) in [6.07, 6.45) is 2.48. The zero-order chi connectivity index (χ0) is 25.3. The lowest BCUT2D eigenvalue weighted by Gasteiger charge is -2.35. The Hall–Kier alpha value is -2.18. The third kappa shape index (κ3) is 6.28. The van der Waals surface area contributed by atoms with Gasteiger partial charge in [-0.3, -0.25) is 4.79 Å². The van der Waals surface area contributed by atoms with Crippen molar-refractivity contribution < 1.29 is 26.4 Å². The second-order valence-electron chi connectivity index (χ2n) is 9.42. The van der Waals surface area contributed by atoms with Gasteiger partial charge in [0.15, 0.2) is 24.8 Å². The van der Waals surface area contributed by atoms with Gasteiger partial charge in [0, 0.05) is 32.4 Å². The first-order chi connectivity index (χ1) is 15.7. The van der Waals surface area contributed by atoms with E-state index in [4.69, 9.17) is 4.74 Å². The number of anilines is 1. The van der Waals surface area contributed by atoms with Crippen LogP contribution in [0.25, 0.3) is 0 Å². The Morgan fingerprint density at radius 3 is 2.32 bits per heavy atom. The highest BCUT2D eigenvalue weighted by Gasteiger charge is 2.28. The number of rotatable bonds is 7. The molecule has 0 spiro atoms. The van der Waals surface area contributed by atoms with E-state index in [9.17, 15) is 21.6 Å². The molecule has 0 unspecified atom stereocenters. The van der Waals surface area contributed by atoms with Gasteiger partial charge in [0.2, 0.25) is 0 Å². The van der Waals surface area contributed by atoms with Crippen LogP contribution in [0.1, 0.15) is 38.1 Å². The smallest absolute Gasteiger partial charge is 0.257 e. The van der Waals surface area contributed by atoms with Crippen molar-refractivity contribution in [2.24, 2.45) is 5.41 Å². The fraction of sp³-hybridized carbons (Fsp3) is 0.545. The van der Waals surface area contributed by atoms with E-state index in [2.05, 4.69) is 4.98 Å². The van der Waals surface area contributed by atoms with Crippen molar-refractivity contribution >= 4 is 42.1 Å². The predicted molar refractivity (Wildman–Crippen MR) is 132 cm³/mol. The second-order valence-corrected chi connectivity index (χ2v) is 15.0. The Labute approximate surface area is 205 Å². The molecule has 1 fully saturated rings. The molecule has 0 saturated carbocycles. The molecule has 1 amide bonds. The van der Waals surface area contributed by atoms with Gasteiger partial charge < -0.3 is 14.5 Å². The molecule has 1 aromatic carbocycles. The molecule has 1 saturated heterocycles. The molecule has 3 rings (SSSR count). The van der Waals surface area contributed by atoms with Crippen molar-refractivity contribution in [2.75, 3.05) is 49.7 Å². The molecule has 0 N–H and O–H groups in total. The highest BCUT2D eigenvalue weighted by atomic mass is 32.2. The van der Waals surface area contributed by atoms with E-state index in [1.165, 1.54) is 24.4 Å². The number of carbonyl (C=O) groups is 1. The van der Waals surface area contributed by atoms with Gasteiger partial charge in [-0.1, -0.05) is 39.0 Å². The van der Waals surface area contributed by atoms with E-state index >= 15 is 0 Å². The van der Waals surface area contributed by atoms with E-state index < -0.39 is 19.7 Å². The Morgan fingerprint density at radius 1 is 1.12 bits per heavy atom. The van der Waals surface area contributed by atoms with Crippen LogP contribution >= 0.6 is 11.3 Å². The molecule has 12 heteroatoms. The quantitative estimate of drug-likeness (QED) is 0.538. The zero-order valence-electron chi connectivity index (χ0n) is 20.1. The van der Waals surface area contributed by atoms with Crippen molar-refractivity contribution in [3.63, 3.8) is 0 Å². The highest BCUT2D eigenvalue weighted by Crippen LogP contribution is 2.29. The minimum Gasteiger partial charge on any atom is -0.492 e. The van der Waals surface area contributed by atoms with Gasteiger partial charge >= 0.3 is 0 Å². The van der Waals surface area contributed by atoms with E-state index in [0.29, 0.717) is 43.7 Å². The Morgan fingerprint density at radius 2 is 1.76 bits per heavy atom. The standard InChI is InChI=1S/C22H31N3O6S3/c1-6-34(29,30)19-14-23-21(32-19)25-11-9-24(10-12-25)20(26)17-13-16(33(5,27)28)7-8-18(17)31-15-22(2,3)4/h7-8,13-14H,6,9-12,15H2,1-5H3. The maximum absolute atomic E-state index is 13.4. The predicted octanol–water partition coefficient (Wildman–Crippen LogP) is 2.73. The summed E-state index contributed by atoms with van der Waals surface area (Å²) in [6.45, 7) is 9.72. The zero-order valence-corrected chi connectivity index (χ0v) is 22.5. The number of ether oxygens (including phenoxy) is 1. The largest absolute Gasteiger partial charge is 0.492 e. The van der Waals surface area contributed by atoms with Gasteiger partial charge in [0.25, 0.3) is 5.91 Å². The lowest BCUT2D eigenvalue weighted by atomic mass is 9.98. The molecule has 34 heavy (non-hydrogen) atoms. The van der Waals surface area contributed by atoms with Crippen LogP contribution in [0.3, 0.4) is 0 Å². The van der Waals surface area contributed by atoms with Crippen LogP contribution in [0, 0.1) is 5.41 Å². The summed E-state index contributed by atoms with van der Waals surface area (Å²) in [7, 11) is -6.81. The fourth-order valence-electron chi connectivity index (χ4n) is 3.28. The molecular weight excluding hydrogens is 498 g/mol. The number of thiazole rings is 1. The maximum Gasteiger partial charge on any atom is 0.257 e. The Kier molecular flexibility index (Phi) is 7.63. The average Bonchev–Trinajstić information content (AvgIpc) is 3.27. The normalized spacial score (nSPS) is 15.4. The van der Waals surface area contributed by atoms with Crippen LogP contribution in [-0.2, 0) is 19.7 Å². The number of piperazine rings is 1. The molecule has 0 bridgehead atoms. The van der Waals surface area contributed by atoms with Crippen LogP contribution in [0.4, 0.5) is 5.13 Å². The van der Waals surface area contributed by atoms with Gasteiger partial charge in [0.05, 0.1) is 29.0 Å². The molecule has 2 aromatic rings.